The van der Waals surface area contributed by atoms with Crippen LogP contribution in [0.4, 0.5) is 0 Å². The van der Waals surface area contributed by atoms with Crippen LogP contribution in [-0.4, -0.2) is 37.0 Å². The molecule has 1 fully saturated rings. The van der Waals surface area contributed by atoms with Crippen molar-refractivity contribution in [3.8, 4) is 5.75 Å². The van der Waals surface area contributed by atoms with E-state index in [2.05, 4.69) is 0 Å². The molecule has 0 saturated carbocycles. The van der Waals surface area contributed by atoms with Crippen LogP contribution in [0.3, 0.4) is 0 Å². The highest BCUT2D eigenvalue weighted by atomic mass is 16.5. The molecule has 1 aromatic rings. The van der Waals surface area contributed by atoms with Gasteiger partial charge in [-0.3, -0.25) is 4.79 Å². The fourth-order valence-electron chi connectivity index (χ4n) is 2.87. The first kappa shape index (κ1) is 14.9. The second-order valence-corrected chi connectivity index (χ2v) is 5.28. The summed E-state index contributed by atoms with van der Waals surface area (Å²) in [5, 5.41) is 0. The number of hydrogen-bond donors (Lipinski definition) is 1. The first-order valence-electron chi connectivity index (χ1n) is 7.37. The van der Waals surface area contributed by atoms with E-state index in [0.717, 1.165) is 37.1 Å². The molecule has 4 heteroatoms. The molecule has 1 aliphatic rings. The minimum Gasteiger partial charge on any atom is -0.496 e. The third kappa shape index (κ3) is 3.51. The number of rotatable bonds is 5. The highest BCUT2D eigenvalue weighted by molar-refractivity contribution is 5.77. The molecule has 2 rings (SSSR count). The minimum atomic E-state index is 0.214. The van der Waals surface area contributed by atoms with Gasteiger partial charge in [-0.25, -0.2) is 0 Å². The highest BCUT2D eigenvalue weighted by Gasteiger charge is 2.25. The average Bonchev–Trinajstić information content (AvgIpc) is 2.52. The lowest BCUT2D eigenvalue weighted by Crippen LogP contribution is -2.47. The van der Waals surface area contributed by atoms with Crippen molar-refractivity contribution >= 4 is 5.91 Å². The molecular weight excluding hydrogens is 252 g/mol. The summed E-state index contributed by atoms with van der Waals surface area (Å²) >= 11 is 0. The van der Waals surface area contributed by atoms with Gasteiger partial charge in [0.05, 0.1) is 7.11 Å². The first-order chi connectivity index (χ1) is 9.76. The van der Waals surface area contributed by atoms with Crippen molar-refractivity contribution in [1.29, 1.82) is 0 Å². The number of carbonyl (C=O) groups excluding carboxylic acids is 1. The lowest BCUT2D eigenvalue weighted by molar-refractivity contribution is -0.134. The van der Waals surface area contributed by atoms with Crippen LogP contribution < -0.4 is 10.5 Å². The number of hydrogen-bond acceptors (Lipinski definition) is 3. The number of para-hydroxylation sites is 1. The third-order valence-electron chi connectivity index (χ3n) is 4.02. The molecule has 4 nitrogen and oxygen atoms in total. The normalized spacial score (nSPS) is 18.9. The maximum atomic E-state index is 12.4. The van der Waals surface area contributed by atoms with Crippen LogP contribution in [0.1, 0.15) is 31.2 Å². The van der Waals surface area contributed by atoms with Crippen molar-refractivity contribution in [2.75, 3.05) is 20.2 Å². The summed E-state index contributed by atoms with van der Waals surface area (Å²) in [5.74, 6) is 1.07. The zero-order valence-corrected chi connectivity index (χ0v) is 12.2. The predicted octanol–water partition coefficient (Wildman–Crippen LogP) is 1.97. The fraction of sp³-hybridized carbons (Fsp3) is 0.562. The Morgan fingerprint density at radius 3 is 2.95 bits per heavy atom. The van der Waals surface area contributed by atoms with Gasteiger partial charge in [0.15, 0.2) is 0 Å². The molecule has 0 spiro atoms. The molecule has 1 heterocycles. The van der Waals surface area contributed by atoms with Crippen LogP contribution in [0.5, 0.6) is 5.75 Å². The monoisotopic (exact) mass is 276 g/mol. The Morgan fingerprint density at radius 2 is 2.20 bits per heavy atom. The van der Waals surface area contributed by atoms with Crippen LogP contribution >= 0.6 is 0 Å². The molecular formula is C16H24N2O2. The van der Waals surface area contributed by atoms with Crippen molar-refractivity contribution in [1.82, 2.24) is 4.90 Å². The van der Waals surface area contributed by atoms with Crippen molar-refractivity contribution in [3.05, 3.63) is 29.8 Å². The fourth-order valence-corrected chi connectivity index (χ4v) is 2.87. The summed E-state index contributed by atoms with van der Waals surface area (Å²) in [6, 6.07) is 8.10. The van der Waals surface area contributed by atoms with Gasteiger partial charge in [0, 0.05) is 25.6 Å². The Balaban J connectivity index is 1.94. The Labute approximate surface area is 120 Å². The molecule has 1 saturated heterocycles. The van der Waals surface area contributed by atoms with E-state index in [4.69, 9.17) is 10.5 Å². The Morgan fingerprint density at radius 1 is 1.40 bits per heavy atom. The summed E-state index contributed by atoms with van der Waals surface area (Å²) in [7, 11) is 1.66. The number of aryl methyl sites for hydroxylation is 1. The summed E-state index contributed by atoms with van der Waals surface area (Å²) in [5.41, 5.74) is 6.86. The van der Waals surface area contributed by atoms with Crippen LogP contribution in [0.25, 0.3) is 0 Å². The van der Waals surface area contributed by atoms with Crippen LogP contribution in [0.2, 0.25) is 0 Å². The second kappa shape index (κ2) is 7.29. The number of likely N-dealkylation sites (tertiary alicyclic amines) is 1. The molecule has 1 atom stereocenters. The van der Waals surface area contributed by atoms with E-state index in [1.807, 2.05) is 29.2 Å². The SMILES string of the molecule is COc1ccccc1CCC(=O)N1CCCCC1CN. The van der Waals surface area contributed by atoms with Gasteiger partial charge in [0.1, 0.15) is 5.75 Å². The van der Waals surface area contributed by atoms with Crippen molar-refractivity contribution in [3.63, 3.8) is 0 Å². The van der Waals surface area contributed by atoms with Gasteiger partial charge in [0.2, 0.25) is 5.91 Å². The molecule has 0 radical (unpaired) electrons. The zero-order valence-electron chi connectivity index (χ0n) is 12.2. The summed E-state index contributed by atoms with van der Waals surface area (Å²) in [6.45, 7) is 1.42. The summed E-state index contributed by atoms with van der Waals surface area (Å²) < 4.78 is 5.32. The number of ether oxygens (including phenoxy) is 1. The van der Waals surface area contributed by atoms with Crippen LogP contribution in [-0.2, 0) is 11.2 Å². The topological polar surface area (TPSA) is 55.6 Å². The number of piperidine rings is 1. The van der Waals surface area contributed by atoms with E-state index >= 15 is 0 Å². The molecule has 110 valence electrons. The molecule has 0 bridgehead atoms. The molecule has 1 aliphatic heterocycles. The largest absolute Gasteiger partial charge is 0.496 e. The lowest BCUT2D eigenvalue weighted by Gasteiger charge is -2.35. The maximum absolute atomic E-state index is 12.4. The van der Waals surface area contributed by atoms with Crippen molar-refractivity contribution < 1.29 is 9.53 Å². The van der Waals surface area contributed by atoms with Gasteiger partial charge < -0.3 is 15.4 Å². The van der Waals surface area contributed by atoms with Crippen molar-refractivity contribution in [2.24, 2.45) is 5.73 Å². The number of carbonyl (C=O) groups is 1. The second-order valence-electron chi connectivity index (χ2n) is 5.28. The number of amides is 1. The maximum Gasteiger partial charge on any atom is 0.223 e. The Kier molecular flexibility index (Phi) is 5.41. The molecule has 1 unspecified atom stereocenters. The van der Waals surface area contributed by atoms with E-state index < -0.39 is 0 Å². The van der Waals surface area contributed by atoms with Crippen molar-refractivity contribution in [2.45, 2.75) is 38.1 Å². The third-order valence-corrected chi connectivity index (χ3v) is 4.02. The zero-order chi connectivity index (χ0) is 14.4. The van der Waals surface area contributed by atoms with Crippen LogP contribution in [0, 0.1) is 0 Å². The molecule has 1 aromatic carbocycles. The first-order valence-corrected chi connectivity index (χ1v) is 7.37. The molecule has 1 amide bonds. The van der Waals surface area contributed by atoms with Gasteiger partial charge in [-0.2, -0.15) is 0 Å². The highest BCUT2D eigenvalue weighted by Crippen LogP contribution is 2.21. The van der Waals surface area contributed by atoms with Gasteiger partial charge in [0.25, 0.3) is 0 Å². The standard InChI is InChI=1S/C16H24N2O2/c1-20-15-8-3-2-6-13(15)9-10-16(19)18-11-5-4-7-14(18)12-17/h2-3,6,8,14H,4-5,7,9-12,17H2,1H3. The van der Waals surface area contributed by atoms with Gasteiger partial charge >= 0.3 is 0 Å². The van der Waals surface area contributed by atoms with E-state index in [9.17, 15) is 4.79 Å². The van der Waals surface area contributed by atoms with E-state index in [1.165, 1.54) is 6.42 Å². The summed E-state index contributed by atoms with van der Waals surface area (Å²) in [4.78, 5) is 14.3. The molecule has 20 heavy (non-hydrogen) atoms. The molecule has 0 aromatic heterocycles. The summed E-state index contributed by atoms with van der Waals surface area (Å²) in [6.07, 6.45) is 4.56. The number of methoxy groups -OCH3 is 1. The quantitative estimate of drug-likeness (QED) is 0.894. The average molecular weight is 276 g/mol. The molecule has 2 N–H and O–H groups in total. The minimum absolute atomic E-state index is 0.214. The van der Waals surface area contributed by atoms with Gasteiger partial charge in [-0.15, -0.1) is 0 Å². The van der Waals surface area contributed by atoms with E-state index in [1.54, 1.807) is 7.11 Å². The number of nitrogens with two attached hydrogens (primary N) is 1. The predicted molar refractivity (Wildman–Crippen MR) is 79.7 cm³/mol. The van der Waals surface area contributed by atoms with Crippen LogP contribution in [0.15, 0.2) is 24.3 Å². The number of nitrogens with zero attached hydrogens (tertiary/aromatic N) is 1. The Hall–Kier alpha value is -1.55. The van der Waals surface area contributed by atoms with Gasteiger partial charge in [-0.05, 0) is 37.3 Å². The molecule has 0 aliphatic carbocycles. The Bertz CT molecular complexity index is 448. The van der Waals surface area contributed by atoms with E-state index in [-0.39, 0.29) is 11.9 Å². The smallest absolute Gasteiger partial charge is 0.223 e. The number of benzene rings is 1. The van der Waals surface area contributed by atoms with Gasteiger partial charge in [-0.1, -0.05) is 18.2 Å². The van der Waals surface area contributed by atoms with E-state index in [0.29, 0.717) is 13.0 Å². The lowest BCUT2D eigenvalue weighted by atomic mass is 10.0.